The van der Waals surface area contributed by atoms with E-state index >= 15 is 0 Å². The third-order valence-electron chi connectivity index (χ3n) is 2.47. The lowest BCUT2D eigenvalue weighted by Gasteiger charge is -2.06. The van der Waals surface area contributed by atoms with Gasteiger partial charge in [0.2, 0.25) is 0 Å². The summed E-state index contributed by atoms with van der Waals surface area (Å²) in [6.45, 7) is 1.98. The van der Waals surface area contributed by atoms with Gasteiger partial charge in [-0.2, -0.15) is 0 Å². The van der Waals surface area contributed by atoms with E-state index in [1.807, 2.05) is 0 Å². The molecule has 0 fully saturated rings. The van der Waals surface area contributed by atoms with Crippen molar-refractivity contribution in [1.29, 1.82) is 0 Å². The minimum absolute atomic E-state index is 0.105. The molecule has 7 nitrogen and oxygen atoms in total. The van der Waals surface area contributed by atoms with Gasteiger partial charge in [-0.15, -0.1) is 0 Å². The Morgan fingerprint density at radius 1 is 1.35 bits per heavy atom. The number of carboxylic acids is 1. The van der Waals surface area contributed by atoms with Crippen LogP contribution in [0.1, 0.15) is 21.8 Å². The van der Waals surface area contributed by atoms with Crippen molar-refractivity contribution in [2.75, 3.05) is 5.32 Å². The average Bonchev–Trinajstić information content (AvgIpc) is 2.82. The number of aromatic nitrogens is 1. The van der Waals surface area contributed by atoms with Crippen LogP contribution in [-0.2, 0) is 6.54 Å². The highest BCUT2D eigenvalue weighted by Gasteiger charge is 2.07. The number of aryl methyl sites for hydroxylation is 1. The Labute approximate surface area is 114 Å². The highest BCUT2D eigenvalue weighted by molar-refractivity contribution is 5.93. The number of hydrogen-bond donors (Lipinski definition) is 3. The quantitative estimate of drug-likeness (QED) is 0.791. The van der Waals surface area contributed by atoms with Crippen LogP contribution in [0.25, 0.3) is 0 Å². The molecule has 0 unspecified atom stereocenters. The summed E-state index contributed by atoms with van der Waals surface area (Å²) in [5.74, 6) is -0.511. The lowest BCUT2D eigenvalue weighted by Crippen LogP contribution is -2.28. The summed E-state index contributed by atoms with van der Waals surface area (Å²) in [5.41, 5.74) is 1.24. The number of aromatic carboxylic acids is 1. The molecule has 2 amide bonds. The van der Waals surface area contributed by atoms with Crippen molar-refractivity contribution >= 4 is 17.7 Å². The summed E-state index contributed by atoms with van der Waals surface area (Å²) < 4.78 is 4.95. The second-order valence-electron chi connectivity index (χ2n) is 4.13. The molecule has 0 aliphatic carbocycles. The van der Waals surface area contributed by atoms with E-state index in [0.29, 0.717) is 11.4 Å². The number of hydrogen-bond acceptors (Lipinski definition) is 4. The lowest BCUT2D eigenvalue weighted by molar-refractivity contribution is 0.0697. The molecule has 1 aromatic carbocycles. The number of nitrogens with one attached hydrogen (secondary N) is 2. The summed E-state index contributed by atoms with van der Waals surface area (Å²) in [7, 11) is 0. The third kappa shape index (κ3) is 3.58. The smallest absolute Gasteiger partial charge is 0.335 e. The number of carbonyl (C=O) groups is 2. The minimum Gasteiger partial charge on any atom is -0.478 e. The van der Waals surface area contributed by atoms with E-state index in [0.717, 1.165) is 5.69 Å². The van der Waals surface area contributed by atoms with E-state index in [1.165, 1.54) is 12.1 Å². The Hall–Kier alpha value is -2.83. The first-order valence-corrected chi connectivity index (χ1v) is 5.85. The van der Waals surface area contributed by atoms with Crippen LogP contribution in [0.5, 0.6) is 0 Å². The normalized spacial score (nSPS) is 10.1. The number of amides is 2. The number of carboxylic acid groups (broad SMARTS) is 1. The molecule has 0 aliphatic heterocycles. The molecule has 3 N–H and O–H groups in total. The number of rotatable bonds is 4. The van der Waals surface area contributed by atoms with Crippen LogP contribution in [0.3, 0.4) is 0 Å². The monoisotopic (exact) mass is 275 g/mol. The molecule has 7 heteroatoms. The topological polar surface area (TPSA) is 104 Å². The molecule has 1 heterocycles. The van der Waals surface area contributed by atoms with Gasteiger partial charge in [-0.05, 0) is 25.1 Å². The fourth-order valence-electron chi connectivity index (χ4n) is 1.57. The van der Waals surface area contributed by atoms with Gasteiger partial charge in [0.1, 0.15) is 0 Å². The molecular formula is C13H13N3O4. The molecule has 0 spiro atoms. The van der Waals surface area contributed by atoms with Gasteiger partial charge < -0.3 is 20.3 Å². The van der Waals surface area contributed by atoms with Gasteiger partial charge in [0.05, 0.1) is 17.8 Å². The van der Waals surface area contributed by atoms with Crippen molar-refractivity contribution in [2.45, 2.75) is 13.5 Å². The fourth-order valence-corrected chi connectivity index (χ4v) is 1.57. The van der Waals surface area contributed by atoms with Crippen molar-refractivity contribution < 1.29 is 19.2 Å². The van der Waals surface area contributed by atoms with Gasteiger partial charge in [0, 0.05) is 11.8 Å². The molecule has 0 radical (unpaired) electrons. The van der Waals surface area contributed by atoms with Gasteiger partial charge in [-0.25, -0.2) is 9.59 Å². The Kier molecular flexibility index (Phi) is 3.99. The second kappa shape index (κ2) is 5.87. The van der Waals surface area contributed by atoms with Crippen LogP contribution in [-0.4, -0.2) is 22.3 Å². The van der Waals surface area contributed by atoms with Crippen molar-refractivity contribution in [3.8, 4) is 0 Å². The number of benzene rings is 1. The Morgan fingerprint density at radius 3 is 2.80 bits per heavy atom. The Balaban J connectivity index is 1.91. The van der Waals surface area contributed by atoms with Gasteiger partial charge in [-0.3, -0.25) is 0 Å². The van der Waals surface area contributed by atoms with E-state index < -0.39 is 12.0 Å². The summed E-state index contributed by atoms with van der Waals surface area (Å²) in [4.78, 5) is 22.4. The van der Waals surface area contributed by atoms with E-state index in [-0.39, 0.29) is 12.1 Å². The number of anilines is 1. The molecule has 0 atom stereocenters. The summed E-state index contributed by atoms with van der Waals surface area (Å²) in [5, 5.41) is 17.7. The molecule has 0 bridgehead atoms. The number of urea groups is 1. The zero-order valence-electron chi connectivity index (χ0n) is 10.7. The first kappa shape index (κ1) is 13.6. The summed E-state index contributed by atoms with van der Waals surface area (Å²) >= 11 is 0. The summed E-state index contributed by atoms with van der Waals surface area (Å²) in [6.07, 6.45) is 0. The predicted octanol–water partition coefficient (Wildman–Crippen LogP) is 2.00. The molecule has 2 rings (SSSR count). The molecule has 2 aromatic rings. The number of carbonyl (C=O) groups excluding carboxylic acids is 1. The zero-order valence-corrected chi connectivity index (χ0v) is 10.7. The second-order valence-corrected chi connectivity index (χ2v) is 4.13. The molecular weight excluding hydrogens is 262 g/mol. The number of nitrogens with zero attached hydrogens (tertiary/aromatic N) is 1. The first-order valence-electron chi connectivity index (χ1n) is 5.85. The zero-order chi connectivity index (χ0) is 14.5. The van der Waals surface area contributed by atoms with Crippen LogP contribution in [0.4, 0.5) is 10.5 Å². The first-order chi connectivity index (χ1) is 9.54. The SMILES string of the molecule is Cc1cc(CNC(=O)Nc2cccc(C(=O)O)c2)on1. The fraction of sp³-hybridized carbons (Fsp3) is 0.154. The maximum atomic E-state index is 11.6. The van der Waals surface area contributed by atoms with Crippen LogP contribution in [0.15, 0.2) is 34.9 Å². The summed E-state index contributed by atoms with van der Waals surface area (Å²) in [6, 6.07) is 7.24. The van der Waals surface area contributed by atoms with Gasteiger partial charge in [0.15, 0.2) is 5.76 Å². The van der Waals surface area contributed by atoms with Crippen molar-refractivity contribution in [3.63, 3.8) is 0 Å². The van der Waals surface area contributed by atoms with E-state index in [9.17, 15) is 9.59 Å². The maximum Gasteiger partial charge on any atom is 0.335 e. The molecule has 0 aliphatic rings. The lowest BCUT2D eigenvalue weighted by atomic mass is 10.2. The van der Waals surface area contributed by atoms with Gasteiger partial charge in [0.25, 0.3) is 0 Å². The van der Waals surface area contributed by atoms with Crippen molar-refractivity contribution in [3.05, 3.63) is 47.3 Å². The van der Waals surface area contributed by atoms with E-state index in [1.54, 1.807) is 25.1 Å². The van der Waals surface area contributed by atoms with Crippen molar-refractivity contribution in [2.24, 2.45) is 0 Å². The molecule has 0 saturated carbocycles. The molecule has 104 valence electrons. The Morgan fingerprint density at radius 2 is 2.15 bits per heavy atom. The van der Waals surface area contributed by atoms with Crippen LogP contribution < -0.4 is 10.6 Å². The largest absolute Gasteiger partial charge is 0.478 e. The third-order valence-corrected chi connectivity index (χ3v) is 2.47. The average molecular weight is 275 g/mol. The van der Waals surface area contributed by atoms with Crippen LogP contribution >= 0.6 is 0 Å². The molecule has 1 aromatic heterocycles. The highest BCUT2D eigenvalue weighted by Crippen LogP contribution is 2.10. The standard InChI is InChI=1S/C13H13N3O4/c1-8-5-11(20-16-8)7-14-13(19)15-10-4-2-3-9(6-10)12(17)18/h2-6H,7H2,1H3,(H,17,18)(H2,14,15,19). The Bertz CT molecular complexity index is 636. The van der Waals surface area contributed by atoms with Gasteiger partial charge >= 0.3 is 12.0 Å². The van der Waals surface area contributed by atoms with Gasteiger partial charge in [-0.1, -0.05) is 11.2 Å². The minimum atomic E-state index is -1.05. The van der Waals surface area contributed by atoms with Crippen molar-refractivity contribution in [1.82, 2.24) is 10.5 Å². The maximum absolute atomic E-state index is 11.6. The van der Waals surface area contributed by atoms with E-state index in [4.69, 9.17) is 9.63 Å². The molecule has 0 saturated heterocycles. The van der Waals surface area contributed by atoms with Crippen LogP contribution in [0, 0.1) is 6.92 Å². The highest BCUT2D eigenvalue weighted by atomic mass is 16.5. The predicted molar refractivity (Wildman–Crippen MR) is 70.5 cm³/mol. The van der Waals surface area contributed by atoms with E-state index in [2.05, 4.69) is 15.8 Å². The molecule has 20 heavy (non-hydrogen) atoms. The van der Waals surface area contributed by atoms with Crippen LogP contribution in [0.2, 0.25) is 0 Å².